The smallest absolute Gasteiger partial charge is 0.138 e. The summed E-state index contributed by atoms with van der Waals surface area (Å²) in [6, 6.07) is 6.17. The van der Waals surface area contributed by atoms with Gasteiger partial charge < -0.3 is 15.2 Å². The molecule has 22 heavy (non-hydrogen) atoms. The highest BCUT2D eigenvalue weighted by Crippen LogP contribution is 2.36. The average Bonchev–Trinajstić information content (AvgIpc) is 2.93. The van der Waals surface area contributed by atoms with Crippen LogP contribution in [0.3, 0.4) is 0 Å². The molecule has 0 amide bonds. The number of thiophene rings is 1. The van der Waals surface area contributed by atoms with E-state index in [1.54, 1.807) is 12.1 Å². The summed E-state index contributed by atoms with van der Waals surface area (Å²) in [5.41, 5.74) is 1.74. The average molecular weight is 316 g/mol. The van der Waals surface area contributed by atoms with E-state index in [4.69, 9.17) is 0 Å². The molecular formula is C15H11FN3O2S-. The van der Waals surface area contributed by atoms with Gasteiger partial charge in [-0.25, -0.2) is 14.4 Å². The molecule has 1 N–H and O–H groups in total. The molecule has 0 aliphatic heterocycles. The molecule has 5 nitrogen and oxygen atoms in total. The molecule has 2 heterocycles. The summed E-state index contributed by atoms with van der Waals surface area (Å²) in [6.45, 7) is 0.215. The van der Waals surface area contributed by atoms with Crippen LogP contribution in [0.1, 0.15) is 6.42 Å². The first kappa shape index (κ1) is 14.4. The molecule has 112 valence electrons. The van der Waals surface area contributed by atoms with E-state index in [0.717, 1.165) is 21.3 Å². The van der Waals surface area contributed by atoms with Crippen molar-refractivity contribution < 1.29 is 14.3 Å². The molecule has 0 atom stereocenters. The Balaban J connectivity index is 2.00. The first-order chi connectivity index (χ1) is 10.6. The van der Waals surface area contributed by atoms with Gasteiger partial charge in [-0.2, -0.15) is 0 Å². The Hall–Kier alpha value is -2.54. The largest absolute Gasteiger partial charge is 0.550 e. The molecule has 0 aliphatic carbocycles. The predicted octanol–water partition coefficient (Wildman–Crippen LogP) is 2.05. The molecule has 2 aromatic heterocycles. The van der Waals surface area contributed by atoms with Crippen LogP contribution in [0, 0.1) is 5.82 Å². The van der Waals surface area contributed by atoms with Gasteiger partial charge in [-0.3, -0.25) is 0 Å². The second-order valence-corrected chi connectivity index (χ2v) is 5.47. The number of aliphatic carboxylic acids is 1. The number of halogens is 1. The first-order valence-electron chi connectivity index (χ1n) is 6.57. The second-order valence-electron chi connectivity index (χ2n) is 4.61. The van der Waals surface area contributed by atoms with Crippen LogP contribution in [0.25, 0.3) is 21.3 Å². The zero-order valence-electron chi connectivity index (χ0n) is 11.4. The minimum atomic E-state index is -1.12. The third-order valence-electron chi connectivity index (χ3n) is 3.15. The highest BCUT2D eigenvalue weighted by atomic mass is 32.1. The van der Waals surface area contributed by atoms with Crippen LogP contribution in [-0.2, 0) is 4.79 Å². The summed E-state index contributed by atoms with van der Waals surface area (Å²) in [6.07, 6.45) is 1.32. The molecule has 0 bridgehead atoms. The Morgan fingerprint density at radius 3 is 2.77 bits per heavy atom. The lowest BCUT2D eigenvalue weighted by atomic mass is 10.1. The van der Waals surface area contributed by atoms with Crippen molar-refractivity contribution in [1.82, 2.24) is 9.97 Å². The van der Waals surface area contributed by atoms with Crippen LogP contribution in [0.4, 0.5) is 10.2 Å². The van der Waals surface area contributed by atoms with Crippen LogP contribution in [0.5, 0.6) is 0 Å². The number of hydrogen-bond donors (Lipinski definition) is 1. The Kier molecular flexibility index (Phi) is 3.97. The van der Waals surface area contributed by atoms with Crippen molar-refractivity contribution in [2.75, 3.05) is 11.9 Å². The lowest BCUT2D eigenvalue weighted by Crippen LogP contribution is -2.24. The molecule has 7 heteroatoms. The lowest BCUT2D eigenvalue weighted by molar-refractivity contribution is -0.305. The van der Waals surface area contributed by atoms with Crippen molar-refractivity contribution in [1.29, 1.82) is 0 Å². The van der Waals surface area contributed by atoms with Crippen molar-refractivity contribution in [3.63, 3.8) is 0 Å². The maximum atomic E-state index is 13.1. The third-order valence-corrected chi connectivity index (χ3v) is 4.03. The van der Waals surface area contributed by atoms with E-state index in [9.17, 15) is 14.3 Å². The van der Waals surface area contributed by atoms with Crippen molar-refractivity contribution in [2.24, 2.45) is 0 Å². The molecule has 1 aromatic carbocycles. The highest BCUT2D eigenvalue weighted by Gasteiger charge is 2.12. The van der Waals surface area contributed by atoms with Crippen molar-refractivity contribution in [2.45, 2.75) is 6.42 Å². The zero-order chi connectivity index (χ0) is 15.5. The molecule has 0 saturated heterocycles. The van der Waals surface area contributed by atoms with Crippen LogP contribution in [0.2, 0.25) is 0 Å². The molecule has 3 rings (SSSR count). The second kappa shape index (κ2) is 6.07. The molecule has 0 saturated carbocycles. The topological polar surface area (TPSA) is 77.9 Å². The summed E-state index contributed by atoms with van der Waals surface area (Å²) in [7, 11) is 0. The van der Waals surface area contributed by atoms with Gasteiger partial charge in [0.1, 0.15) is 22.8 Å². The number of carboxylic acid groups (broad SMARTS) is 1. The van der Waals surface area contributed by atoms with Gasteiger partial charge in [0.2, 0.25) is 0 Å². The minimum absolute atomic E-state index is 0.110. The Bertz CT molecular complexity index is 817. The number of hydrogen-bond acceptors (Lipinski definition) is 6. The quantitative estimate of drug-likeness (QED) is 0.779. The SMILES string of the molecule is O=C([O-])CCNc1ncnc2scc(-c3ccc(F)cc3)c12. The van der Waals surface area contributed by atoms with Gasteiger partial charge in [-0.1, -0.05) is 12.1 Å². The summed E-state index contributed by atoms with van der Waals surface area (Å²) >= 11 is 1.45. The van der Waals surface area contributed by atoms with Crippen molar-refractivity contribution in [3.8, 4) is 11.1 Å². The van der Waals surface area contributed by atoms with E-state index >= 15 is 0 Å². The summed E-state index contributed by atoms with van der Waals surface area (Å²) in [5, 5.41) is 16.2. The summed E-state index contributed by atoms with van der Waals surface area (Å²) in [4.78, 5) is 19.7. The fourth-order valence-corrected chi connectivity index (χ4v) is 3.05. The van der Waals surface area contributed by atoms with Crippen LogP contribution >= 0.6 is 11.3 Å². The number of nitrogens with zero attached hydrogens (tertiary/aromatic N) is 2. The number of carboxylic acids is 1. The standard InChI is InChI=1S/C15H12FN3O2S/c16-10-3-1-9(2-4-10)11-7-22-15-13(11)14(18-8-19-15)17-6-5-12(20)21/h1-4,7-8H,5-6H2,(H,20,21)(H,17,18,19)/p-1. The highest BCUT2D eigenvalue weighted by molar-refractivity contribution is 7.17. The van der Waals surface area contributed by atoms with Gasteiger partial charge in [0.15, 0.2) is 0 Å². The predicted molar refractivity (Wildman–Crippen MR) is 80.9 cm³/mol. The number of anilines is 1. The van der Waals surface area contributed by atoms with E-state index in [1.807, 2.05) is 5.38 Å². The molecule has 0 fully saturated rings. The third kappa shape index (κ3) is 2.89. The van der Waals surface area contributed by atoms with Crippen molar-refractivity contribution in [3.05, 3.63) is 41.8 Å². The Labute approximate surface area is 129 Å². The van der Waals surface area contributed by atoms with E-state index in [-0.39, 0.29) is 18.8 Å². The molecule has 0 unspecified atom stereocenters. The number of carbonyl (C=O) groups excluding carboxylic acids is 1. The monoisotopic (exact) mass is 316 g/mol. The molecule has 3 aromatic rings. The number of aromatic nitrogens is 2. The van der Waals surface area contributed by atoms with E-state index in [1.165, 1.54) is 29.8 Å². The van der Waals surface area contributed by atoms with E-state index in [2.05, 4.69) is 15.3 Å². The maximum absolute atomic E-state index is 13.1. The van der Waals surface area contributed by atoms with Gasteiger partial charge in [0, 0.05) is 29.9 Å². The molecular weight excluding hydrogens is 305 g/mol. The first-order valence-corrected chi connectivity index (χ1v) is 7.45. The van der Waals surface area contributed by atoms with Gasteiger partial charge in [-0.15, -0.1) is 11.3 Å². The van der Waals surface area contributed by atoms with Gasteiger partial charge >= 0.3 is 0 Å². The van der Waals surface area contributed by atoms with Gasteiger partial charge in [0.05, 0.1) is 5.39 Å². The van der Waals surface area contributed by atoms with E-state index < -0.39 is 5.97 Å². The fourth-order valence-electron chi connectivity index (χ4n) is 2.13. The van der Waals surface area contributed by atoms with E-state index in [0.29, 0.717) is 5.82 Å². The maximum Gasteiger partial charge on any atom is 0.138 e. The fraction of sp³-hybridized carbons (Fsp3) is 0.133. The van der Waals surface area contributed by atoms with Crippen LogP contribution in [0.15, 0.2) is 36.0 Å². The van der Waals surface area contributed by atoms with Gasteiger partial charge in [-0.05, 0) is 17.7 Å². The van der Waals surface area contributed by atoms with Crippen LogP contribution < -0.4 is 10.4 Å². The Morgan fingerprint density at radius 2 is 2.05 bits per heavy atom. The van der Waals surface area contributed by atoms with Crippen LogP contribution in [-0.4, -0.2) is 22.5 Å². The number of carbonyl (C=O) groups is 1. The normalized spacial score (nSPS) is 10.8. The summed E-state index contributed by atoms with van der Waals surface area (Å²) in [5.74, 6) is -0.861. The zero-order valence-corrected chi connectivity index (χ0v) is 12.2. The van der Waals surface area contributed by atoms with Gasteiger partial charge in [0.25, 0.3) is 0 Å². The van der Waals surface area contributed by atoms with Crippen molar-refractivity contribution >= 4 is 33.3 Å². The molecule has 0 aliphatic rings. The molecule has 0 spiro atoms. The summed E-state index contributed by atoms with van der Waals surface area (Å²) < 4.78 is 13.1. The number of fused-ring (bicyclic) bond motifs is 1. The lowest BCUT2D eigenvalue weighted by Gasteiger charge is -2.08. The number of rotatable bonds is 5. The molecule has 0 radical (unpaired) electrons. The number of nitrogens with one attached hydrogen (secondary N) is 1. The minimum Gasteiger partial charge on any atom is -0.550 e. The Morgan fingerprint density at radius 1 is 1.27 bits per heavy atom. The number of benzene rings is 1.